The molecule has 0 fully saturated rings. The number of pyridine rings is 1. The number of hydrogen-bond acceptors (Lipinski definition) is 6. The maximum absolute atomic E-state index is 12.4. The van der Waals surface area contributed by atoms with Crippen LogP contribution in [0.4, 0.5) is 5.82 Å². The van der Waals surface area contributed by atoms with Crippen LogP contribution in [0.1, 0.15) is 12.7 Å². The number of carbonyl (C=O) groups excluding carboxylic acids is 1. The third-order valence-corrected chi connectivity index (χ3v) is 5.42. The fourth-order valence-corrected chi connectivity index (χ4v) is 3.30. The third kappa shape index (κ3) is 5.15. The fourth-order valence-electron chi connectivity index (χ4n) is 2.17. The van der Waals surface area contributed by atoms with Crippen LogP contribution in [0.5, 0.6) is 5.75 Å². The van der Waals surface area contributed by atoms with Crippen molar-refractivity contribution in [1.29, 1.82) is 0 Å². The second kappa shape index (κ2) is 9.27. The topological polar surface area (TPSA) is 81.9 Å². The Morgan fingerprint density at radius 3 is 2.75 bits per heavy atom. The SMILES string of the molecule is C[C@H](Sc1nnc(COc2ccccc2Cl)n1C)C(=O)Nc1ccc(Cl)cn1. The van der Waals surface area contributed by atoms with E-state index >= 15 is 0 Å². The number of benzene rings is 1. The molecule has 0 saturated carbocycles. The summed E-state index contributed by atoms with van der Waals surface area (Å²) in [5.41, 5.74) is 0. The molecule has 7 nitrogen and oxygen atoms in total. The minimum atomic E-state index is -0.405. The highest BCUT2D eigenvalue weighted by atomic mass is 35.5. The molecule has 2 heterocycles. The number of anilines is 1. The second-order valence-electron chi connectivity index (χ2n) is 5.79. The lowest BCUT2D eigenvalue weighted by Gasteiger charge is -2.11. The average molecular weight is 438 g/mol. The first kappa shape index (κ1) is 20.4. The molecule has 0 saturated heterocycles. The molecule has 0 bridgehead atoms. The van der Waals surface area contributed by atoms with E-state index in [1.165, 1.54) is 18.0 Å². The Hall–Kier alpha value is -2.29. The van der Waals surface area contributed by atoms with Crippen molar-refractivity contribution in [2.24, 2.45) is 7.05 Å². The van der Waals surface area contributed by atoms with Crippen molar-refractivity contribution in [3.8, 4) is 5.75 Å². The van der Waals surface area contributed by atoms with Gasteiger partial charge in [-0.05, 0) is 31.2 Å². The van der Waals surface area contributed by atoms with E-state index in [4.69, 9.17) is 27.9 Å². The first-order chi connectivity index (χ1) is 13.4. The van der Waals surface area contributed by atoms with Crippen molar-refractivity contribution < 1.29 is 9.53 Å². The van der Waals surface area contributed by atoms with Crippen LogP contribution in [0.15, 0.2) is 47.8 Å². The predicted octanol–water partition coefficient (Wildman–Crippen LogP) is 4.22. The number of ether oxygens (including phenoxy) is 1. The van der Waals surface area contributed by atoms with Crippen molar-refractivity contribution in [2.75, 3.05) is 5.32 Å². The molecular formula is C18H17Cl2N5O2S. The molecule has 1 aromatic carbocycles. The Kier molecular flexibility index (Phi) is 6.77. The third-order valence-electron chi connectivity index (χ3n) is 3.75. The minimum absolute atomic E-state index is 0.198. The molecule has 0 aliphatic heterocycles. The summed E-state index contributed by atoms with van der Waals surface area (Å²) in [5.74, 6) is 1.43. The van der Waals surface area contributed by atoms with Gasteiger partial charge in [-0.15, -0.1) is 10.2 Å². The molecule has 3 aromatic rings. The first-order valence-corrected chi connectivity index (χ1v) is 9.92. The van der Waals surface area contributed by atoms with Gasteiger partial charge in [0.25, 0.3) is 0 Å². The van der Waals surface area contributed by atoms with E-state index in [1.807, 2.05) is 19.2 Å². The van der Waals surface area contributed by atoms with Crippen molar-refractivity contribution in [2.45, 2.75) is 23.9 Å². The Balaban J connectivity index is 1.59. The number of rotatable bonds is 7. The summed E-state index contributed by atoms with van der Waals surface area (Å²) in [4.78, 5) is 16.4. The minimum Gasteiger partial charge on any atom is -0.484 e. The zero-order chi connectivity index (χ0) is 20.1. The summed E-state index contributed by atoms with van der Waals surface area (Å²) in [6.45, 7) is 1.99. The van der Waals surface area contributed by atoms with Gasteiger partial charge in [-0.3, -0.25) is 4.79 Å². The number of amides is 1. The number of halogens is 2. The van der Waals surface area contributed by atoms with Gasteiger partial charge < -0.3 is 14.6 Å². The van der Waals surface area contributed by atoms with Gasteiger partial charge in [-0.25, -0.2) is 4.98 Å². The molecule has 2 aromatic heterocycles. The van der Waals surface area contributed by atoms with Gasteiger partial charge in [0.1, 0.15) is 18.2 Å². The highest BCUT2D eigenvalue weighted by molar-refractivity contribution is 8.00. The van der Waals surface area contributed by atoms with Crippen molar-refractivity contribution in [1.82, 2.24) is 19.7 Å². The lowest BCUT2D eigenvalue weighted by molar-refractivity contribution is -0.115. The Labute approximate surface area is 176 Å². The number of thioether (sulfide) groups is 1. The molecular weight excluding hydrogens is 421 g/mol. The molecule has 0 aliphatic rings. The normalized spacial score (nSPS) is 11.9. The van der Waals surface area contributed by atoms with Crippen molar-refractivity contribution in [3.05, 3.63) is 58.5 Å². The van der Waals surface area contributed by atoms with Crippen LogP contribution < -0.4 is 10.1 Å². The van der Waals surface area contributed by atoms with E-state index in [-0.39, 0.29) is 12.5 Å². The molecule has 1 N–H and O–H groups in total. The molecule has 1 amide bonds. The van der Waals surface area contributed by atoms with E-state index in [1.54, 1.807) is 35.8 Å². The summed E-state index contributed by atoms with van der Waals surface area (Å²) < 4.78 is 7.48. The summed E-state index contributed by atoms with van der Waals surface area (Å²) in [6.07, 6.45) is 1.48. The Bertz CT molecular complexity index is 965. The first-order valence-electron chi connectivity index (χ1n) is 8.28. The van der Waals surface area contributed by atoms with Gasteiger partial charge >= 0.3 is 0 Å². The number of carbonyl (C=O) groups is 1. The van der Waals surface area contributed by atoms with Gasteiger partial charge in [0, 0.05) is 13.2 Å². The average Bonchev–Trinajstić information content (AvgIpc) is 3.02. The van der Waals surface area contributed by atoms with Gasteiger partial charge in [0.15, 0.2) is 11.0 Å². The molecule has 146 valence electrons. The summed E-state index contributed by atoms with van der Waals surface area (Å²) in [6, 6.07) is 10.5. The molecule has 28 heavy (non-hydrogen) atoms. The highest BCUT2D eigenvalue weighted by Crippen LogP contribution is 2.25. The molecule has 10 heteroatoms. The zero-order valence-corrected chi connectivity index (χ0v) is 17.4. The molecule has 3 rings (SSSR count). The monoisotopic (exact) mass is 437 g/mol. The zero-order valence-electron chi connectivity index (χ0n) is 15.1. The number of hydrogen-bond donors (Lipinski definition) is 1. The summed E-state index contributed by atoms with van der Waals surface area (Å²) >= 11 is 13.2. The van der Waals surface area contributed by atoms with Crippen LogP contribution in [0.3, 0.4) is 0 Å². The molecule has 0 spiro atoms. The predicted molar refractivity (Wildman–Crippen MR) is 110 cm³/mol. The number of para-hydroxylation sites is 1. The maximum atomic E-state index is 12.4. The van der Waals surface area contributed by atoms with Crippen LogP contribution in [-0.4, -0.2) is 30.9 Å². The van der Waals surface area contributed by atoms with E-state index in [0.717, 1.165) is 0 Å². The van der Waals surface area contributed by atoms with Crippen LogP contribution in [0, 0.1) is 0 Å². The van der Waals surface area contributed by atoms with Gasteiger partial charge in [-0.1, -0.05) is 47.1 Å². The lowest BCUT2D eigenvalue weighted by atomic mass is 10.3. The van der Waals surface area contributed by atoms with Gasteiger partial charge in [-0.2, -0.15) is 0 Å². The van der Waals surface area contributed by atoms with E-state index < -0.39 is 5.25 Å². The standard InChI is InChI=1S/C18H17Cl2N5O2S/c1-11(17(26)22-15-8-7-12(19)9-21-15)28-18-24-23-16(25(18)2)10-27-14-6-4-3-5-13(14)20/h3-9,11H,10H2,1-2H3,(H,21,22,26)/t11-/m0/s1. The van der Waals surface area contributed by atoms with Crippen LogP contribution in [0.25, 0.3) is 0 Å². The van der Waals surface area contributed by atoms with Crippen molar-refractivity contribution >= 4 is 46.7 Å². The largest absolute Gasteiger partial charge is 0.484 e. The summed E-state index contributed by atoms with van der Waals surface area (Å²) in [7, 11) is 1.82. The Morgan fingerprint density at radius 1 is 1.25 bits per heavy atom. The van der Waals surface area contributed by atoms with Crippen molar-refractivity contribution in [3.63, 3.8) is 0 Å². The Morgan fingerprint density at radius 2 is 2.04 bits per heavy atom. The highest BCUT2D eigenvalue weighted by Gasteiger charge is 2.19. The second-order valence-corrected chi connectivity index (χ2v) is 7.94. The van der Waals surface area contributed by atoms with Gasteiger partial charge in [0.05, 0.1) is 15.3 Å². The number of nitrogens with one attached hydrogen (secondary N) is 1. The van der Waals surface area contributed by atoms with Crippen LogP contribution >= 0.6 is 35.0 Å². The van der Waals surface area contributed by atoms with E-state index in [0.29, 0.717) is 32.6 Å². The van der Waals surface area contributed by atoms with Crippen LogP contribution in [-0.2, 0) is 18.4 Å². The quantitative estimate of drug-likeness (QED) is 0.557. The molecule has 0 aliphatic carbocycles. The summed E-state index contributed by atoms with van der Waals surface area (Å²) in [5, 5.41) is 12.2. The number of aromatic nitrogens is 4. The molecule has 0 radical (unpaired) electrons. The fraction of sp³-hybridized carbons (Fsp3) is 0.222. The number of nitrogens with zero attached hydrogens (tertiary/aromatic N) is 4. The van der Waals surface area contributed by atoms with Gasteiger partial charge in [0.2, 0.25) is 5.91 Å². The molecule has 0 unspecified atom stereocenters. The van der Waals surface area contributed by atoms with E-state index in [9.17, 15) is 4.79 Å². The van der Waals surface area contributed by atoms with E-state index in [2.05, 4.69) is 20.5 Å². The molecule has 1 atom stereocenters. The lowest BCUT2D eigenvalue weighted by Crippen LogP contribution is -2.23. The smallest absolute Gasteiger partial charge is 0.238 e. The van der Waals surface area contributed by atoms with Crippen LogP contribution in [0.2, 0.25) is 10.0 Å². The maximum Gasteiger partial charge on any atom is 0.238 e.